The van der Waals surface area contributed by atoms with Crippen molar-refractivity contribution in [3.8, 4) is 0 Å². The highest BCUT2D eigenvalue weighted by molar-refractivity contribution is 7.86. The van der Waals surface area contributed by atoms with Gasteiger partial charge < -0.3 is 9.45 Å². The van der Waals surface area contributed by atoms with Gasteiger partial charge in [-0.25, -0.2) is 8.42 Å². The molecule has 1 aliphatic heterocycles. The Morgan fingerprint density at radius 1 is 0.963 bits per heavy atom. The van der Waals surface area contributed by atoms with Gasteiger partial charge in [0.2, 0.25) is 0 Å². The summed E-state index contributed by atoms with van der Waals surface area (Å²) in [6.07, 6.45) is 17.5. The summed E-state index contributed by atoms with van der Waals surface area (Å²) >= 11 is 0. The summed E-state index contributed by atoms with van der Waals surface area (Å²) in [5.74, 6) is 1.05. The first-order valence-corrected chi connectivity index (χ1v) is 11.9. The molecule has 1 fully saturated rings. The van der Waals surface area contributed by atoms with Crippen LogP contribution in [0.4, 0.5) is 13.2 Å². The third kappa shape index (κ3) is 14.3. The van der Waals surface area contributed by atoms with Gasteiger partial charge in [-0.2, -0.15) is 13.2 Å². The smallest absolute Gasteiger partial charge is 0.485 e. The Balaban J connectivity index is 0.000000713. The third-order valence-electron chi connectivity index (χ3n) is 5.10. The molecule has 1 N–H and O–H groups in total. The Hall–Kier alpha value is -0.340. The van der Waals surface area contributed by atoms with Crippen molar-refractivity contribution in [1.82, 2.24) is 0 Å². The molecule has 0 aromatic heterocycles. The average Bonchev–Trinajstić information content (AvgIpc) is 2.58. The monoisotopic (exact) mass is 417 g/mol. The fourth-order valence-corrected chi connectivity index (χ4v) is 3.55. The van der Waals surface area contributed by atoms with E-state index in [-0.39, 0.29) is 0 Å². The summed E-state index contributed by atoms with van der Waals surface area (Å²) in [4.78, 5) is 1.92. The number of nitrogens with one attached hydrogen (secondary N) is 1. The largest absolute Gasteiger partial charge is 0.741 e. The molecule has 0 aromatic carbocycles. The predicted molar refractivity (Wildman–Crippen MR) is 102 cm³/mol. The summed E-state index contributed by atoms with van der Waals surface area (Å²) in [5, 5.41) is 0. The van der Waals surface area contributed by atoms with Crippen molar-refractivity contribution >= 4 is 10.1 Å². The minimum absolute atomic E-state index is 1.05. The van der Waals surface area contributed by atoms with Crippen LogP contribution in [0.3, 0.4) is 0 Å². The van der Waals surface area contributed by atoms with E-state index in [1.807, 2.05) is 4.90 Å². The zero-order valence-electron chi connectivity index (χ0n) is 17.0. The molecular formula is C19H38F3NO3S. The summed E-state index contributed by atoms with van der Waals surface area (Å²) < 4.78 is 58.9. The zero-order valence-corrected chi connectivity index (χ0v) is 17.8. The van der Waals surface area contributed by atoms with Gasteiger partial charge in [-0.1, -0.05) is 58.8 Å². The Kier molecular flexibility index (Phi) is 14.4. The molecule has 1 heterocycles. The molecule has 1 saturated heterocycles. The number of likely N-dealkylation sites (tertiary alicyclic amines) is 1. The number of halogens is 3. The van der Waals surface area contributed by atoms with E-state index in [0.717, 1.165) is 5.92 Å². The number of unbranched alkanes of at least 4 members (excludes halogenated alkanes) is 7. The van der Waals surface area contributed by atoms with E-state index in [2.05, 4.69) is 13.8 Å². The van der Waals surface area contributed by atoms with Gasteiger partial charge in [-0.05, 0) is 32.1 Å². The molecule has 0 aromatic rings. The Morgan fingerprint density at radius 3 is 2.00 bits per heavy atom. The second-order valence-electron chi connectivity index (χ2n) is 7.63. The van der Waals surface area contributed by atoms with Crippen molar-refractivity contribution in [3.63, 3.8) is 0 Å². The molecule has 0 bridgehead atoms. The van der Waals surface area contributed by atoms with Gasteiger partial charge in [0.15, 0.2) is 10.1 Å². The SMILES string of the molecule is CCCCCCCCC[NH+]1CCCC(CCCC)C1.O=S(=O)([O-])C(F)(F)F. The van der Waals surface area contributed by atoms with Crippen LogP contribution in [0.2, 0.25) is 0 Å². The first-order chi connectivity index (χ1) is 12.6. The van der Waals surface area contributed by atoms with Gasteiger partial charge in [-0.15, -0.1) is 0 Å². The number of rotatable bonds is 11. The molecule has 4 nitrogen and oxygen atoms in total. The van der Waals surface area contributed by atoms with Gasteiger partial charge in [-0.3, -0.25) is 0 Å². The molecule has 164 valence electrons. The molecule has 8 heteroatoms. The number of hydrogen-bond acceptors (Lipinski definition) is 3. The first kappa shape index (κ1) is 26.7. The van der Waals surface area contributed by atoms with E-state index in [1.165, 1.54) is 96.7 Å². The van der Waals surface area contributed by atoms with Crippen LogP contribution in [0.15, 0.2) is 0 Å². The molecule has 1 rings (SSSR count). The van der Waals surface area contributed by atoms with Crippen molar-refractivity contribution < 1.29 is 31.0 Å². The Bertz CT molecular complexity index is 456. The number of quaternary nitrogens is 1. The van der Waals surface area contributed by atoms with Crippen molar-refractivity contribution in [2.24, 2.45) is 5.92 Å². The molecule has 27 heavy (non-hydrogen) atoms. The van der Waals surface area contributed by atoms with Crippen LogP contribution in [-0.4, -0.2) is 38.1 Å². The maximum absolute atomic E-state index is 10.7. The van der Waals surface area contributed by atoms with Crippen LogP contribution in [0.5, 0.6) is 0 Å². The van der Waals surface area contributed by atoms with E-state index >= 15 is 0 Å². The van der Waals surface area contributed by atoms with E-state index in [9.17, 15) is 13.2 Å². The summed E-state index contributed by atoms with van der Waals surface area (Å²) in [5.41, 5.74) is -5.65. The molecule has 2 unspecified atom stereocenters. The highest BCUT2D eigenvalue weighted by atomic mass is 32.2. The van der Waals surface area contributed by atoms with Gasteiger partial charge in [0.25, 0.3) is 0 Å². The molecule has 0 saturated carbocycles. The fraction of sp³-hybridized carbons (Fsp3) is 1.00. The highest BCUT2D eigenvalue weighted by Crippen LogP contribution is 2.20. The second kappa shape index (κ2) is 14.6. The normalized spacial score (nSPS) is 20.8. The van der Waals surface area contributed by atoms with Crippen LogP contribution in [0.1, 0.15) is 90.9 Å². The van der Waals surface area contributed by atoms with Crippen LogP contribution in [0.25, 0.3) is 0 Å². The second-order valence-corrected chi connectivity index (χ2v) is 9.00. The molecule has 2 atom stereocenters. The summed E-state index contributed by atoms with van der Waals surface area (Å²) in [6, 6.07) is 0. The lowest BCUT2D eigenvalue weighted by atomic mass is 9.92. The van der Waals surface area contributed by atoms with E-state index in [1.54, 1.807) is 0 Å². The van der Waals surface area contributed by atoms with E-state index in [4.69, 9.17) is 13.0 Å². The fourth-order valence-electron chi connectivity index (χ4n) is 3.55. The van der Waals surface area contributed by atoms with Crippen molar-refractivity contribution in [3.05, 3.63) is 0 Å². The third-order valence-corrected chi connectivity index (χ3v) is 5.67. The van der Waals surface area contributed by atoms with Crippen LogP contribution in [0, 0.1) is 5.92 Å². The predicted octanol–water partition coefficient (Wildman–Crippen LogP) is 4.27. The Labute approximate surface area is 163 Å². The van der Waals surface area contributed by atoms with Crippen LogP contribution < -0.4 is 4.90 Å². The molecule has 0 radical (unpaired) electrons. The maximum Gasteiger partial charge on any atom is 0.485 e. The average molecular weight is 418 g/mol. The molecular weight excluding hydrogens is 379 g/mol. The van der Waals surface area contributed by atoms with E-state index in [0.29, 0.717) is 0 Å². The number of alkyl halides is 3. The number of hydrogen-bond donors (Lipinski definition) is 1. The van der Waals surface area contributed by atoms with Gasteiger partial charge in [0.05, 0.1) is 19.6 Å². The minimum atomic E-state index is -6.09. The lowest BCUT2D eigenvalue weighted by Gasteiger charge is -2.30. The maximum atomic E-state index is 10.7. The van der Waals surface area contributed by atoms with Crippen molar-refractivity contribution in [1.29, 1.82) is 0 Å². The minimum Gasteiger partial charge on any atom is -0.741 e. The lowest BCUT2D eigenvalue weighted by Crippen LogP contribution is -3.13. The van der Waals surface area contributed by atoms with Gasteiger partial charge in [0.1, 0.15) is 0 Å². The summed E-state index contributed by atoms with van der Waals surface area (Å²) in [6.45, 7) is 9.02. The van der Waals surface area contributed by atoms with E-state index < -0.39 is 15.6 Å². The number of piperidine rings is 1. The molecule has 1 aliphatic rings. The summed E-state index contributed by atoms with van der Waals surface area (Å²) in [7, 11) is -6.09. The lowest BCUT2D eigenvalue weighted by molar-refractivity contribution is -0.909. The molecule has 0 spiro atoms. The first-order valence-electron chi connectivity index (χ1n) is 10.5. The quantitative estimate of drug-likeness (QED) is 0.310. The van der Waals surface area contributed by atoms with Gasteiger partial charge in [0, 0.05) is 5.92 Å². The van der Waals surface area contributed by atoms with Crippen molar-refractivity contribution in [2.75, 3.05) is 19.6 Å². The molecule has 0 aliphatic carbocycles. The van der Waals surface area contributed by atoms with Crippen molar-refractivity contribution in [2.45, 2.75) is 96.4 Å². The molecule has 0 amide bonds. The topological polar surface area (TPSA) is 61.6 Å². The van der Waals surface area contributed by atoms with Crippen LogP contribution in [-0.2, 0) is 10.1 Å². The zero-order chi connectivity index (χ0) is 20.8. The van der Waals surface area contributed by atoms with Gasteiger partial charge >= 0.3 is 5.51 Å². The standard InChI is InChI=1S/C18H37N.CHF3O3S/c1-3-5-7-8-9-10-11-15-19-16-12-14-18(17-19)13-6-4-2;2-1(3,4)8(5,6)7/h18H,3-17H2,1-2H3;(H,5,6,7). The highest BCUT2D eigenvalue weighted by Gasteiger charge is 2.36. The van der Waals surface area contributed by atoms with Crippen LogP contribution >= 0.6 is 0 Å². The Morgan fingerprint density at radius 2 is 1.48 bits per heavy atom.